The number of hydrogen-bond acceptors (Lipinski definition) is 1. The van der Waals surface area contributed by atoms with Gasteiger partial charge in [0.1, 0.15) is 6.54 Å². The Morgan fingerprint density at radius 3 is 2.38 bits per heavy atom. The first-order valence-corrected chi connectivity index (χ1v) is 3.40. The van der Waals surface area contributed by atoms with Gasteiger partial charge in [0.15, 0.2) is 0 Å². The Balaban J connectivity index is 2.75. The molecule has 8 heteroatoms. The molecule has 1 aromatic heterocycles. The molecular formula is C5H5BF5N2-. The second-order valence-electron chi connectivity index (χ2n) is 2.46. The lowest BCUT2D eigenvalue weighted by Gasteiger charge is -2.09. The van der Waals surface area contributed by atoms with Gasteiger partial charge in [-0.15, -0.1) is 0 Å². The molecule has 0 N–H and O–H groups in total. The molecule has 0 atom stereocenters. The van der Waals surface area contributed by atoms with E-state index in [9.17, 15) is 21.7 Å². The normalized spacial score (nSPS) is 12.5. The molecule has 1 heterocycles. The van der Waals surface area contributed by atoms with Gasteiger partial charge in [0, 0.05) is 6.20 Å². The number of nitrogens with zero attached hydrogens (tertiary/aromatic N) is 2. The van der Waals surface area contributed by atoms with Gasteiger partial charge in [0.25, 0.3) is 6.43 Å². The van der Waals surface area contributed by atoms with Crippen LogP contribution in [0.2, 0.25) is 0 Å². The summed E-state index contributed by atoms with van der Waals surface area (Å²) in [5.74, 6) is 0. The highest BCUT2D eigenvalue weighted by atomic mass is 19.4. The number of halogens is 5. The SMILES string of the molecule is FC(F)Cn1cc([B-](F)(F)F)cn1. The molecule has 13 heavy (non-hydrogen) atoms. The van der Waals surface area contributed by atoms with Gasteiger partial charge >= 0.3 is 6.98 Å². The van der Waals surface area contributed by atoms with Crippen LogP contribution in [0.25, 0.3) is 0 Å². The lowest BCUT2D eigenvalue weighted by Crippen LogP contribution is -2.32. The Bertz CT molecular complexity index is 281. The van der Waals surface area contributed by atoms with Crippen LogP contribution in [-0.2, 0) is 6.54 Å². The predicted octanol–water partition coefficient (Wildman–Crippen LogP) is 1.20. The molecule has 2 nitrogen and oxygen atoms in total. The molecule has 0 saturated carbocycles. The van der Waals surface area contributed by atoms with E-state index < -0.39 is 25.4 Å². The first-order valence-electron chi connectivity index (χ1n) is 3.40. The fraction of sp³-hybridized carbons (Fsp3) is 0.400. The first kappa shape index (κ1) is 10.0. The lowest BCUT2D eigenvalue weighted by atomic mass is 9.83. The first-order chi connectivity index (χ1) is 5.89. The number of aromatic nitrogens is 2. The third kappa shape index (κ3) is 2.71. The minimum atomic E-state index is -5.14. The lowest BCUT2D eigenvalue weighted by molar-refractivity contribution is 0.122. The highest BCUT2D eigenvalue weighted by Gasteiger charge is 2.27. The van der Waals surface area contributed by atoms with E-state index in [0.29, 0.717) is 17.1 Å². The van der Waals surface area contributed by atoms with Crippen molar-refractivity contribution in [3.05, 3.63) is 12.4 Å². The topological polar surface area (TPSA) is 17.8 Å². The van der Waals surface area contributed by atoms with Crippen molar-refractivity contribution in [2.24, 2.45) is 0 Å². The van der Waals surface area contributed by atoms with Crippen LogP contribution in [0.1, 0.15) is 0 Å². The van der Waals surface area contributed by atoms with Gasteiger partial charge in [-0.25, -0.2) is 8.78 Å². The standard InChI is InChI=1S/C5H5BF5N2/c7-5(8)3-13-2-4(1-12-13)6(9,10)11/h1-2,5H,3H2/q-1. The second-order valence-corrected chi connectivity index (χ2v) is 2.46. The molecule has 0 spiro atoms. The maximum Gasteiger partial charge on any atom is 0.512 e. The molecular weight excluding hydrogens is 194 g/mol. The summed E-state index contributed by atoms with van der Waals surface area (Å²) in [4.78, 5) is 0. The van der Waals surface area contributed by atoms with Crippen LogP contribution in [0, 0.1) is 0 Å². The summed E-state index contributed by atoms with van der Waals surface area (Å²) in [6.45, 7) is -5.95. The average molecular weight is 199 g/mol. The predicted molar refractivity (Wildman–Crippen MR) is 36.9 cm³/mol. The number of rotatable bonds is 3. The summed E-state index contributed by atoms with van der Waals surface area (Å²) in [6, 6.07) is 0. The minimum absolute atomic E-state index is 0.544. The summed E-state index contributed by atoms with van der Waals surface area (Å²) in [6.07, 6.45) is -1.58. The highest BCUT2D eigenvalue weighted by Crippen LogP contribution is 2.08. The quantitative estimate of drug-likeness (QED) is 0.528. The van der Waals surface area contributed by atoms with Gasteiger partial charge in [0.05, 0.1) is 0 Å². The van der Waals surface area contributed by atoms with Crippen LogP contribution in [-0.4, -0.2) is 23.2 Å². The van der Waals surface area contributed by atoms with E-state index in [-0.39, 0.29) is 0 Å². The van der Waals surface area contributed by atoms with E-state index >= 15 is 0 Å². The zero-order chi connectivity index (χ0) is 10.1. The summed E-state index contributed by atoms with van der Waals surface area (Å²) in [5.41, 5.74) is -0.958. The molecule has 1 rings (SSSR count). The molecule has 0 aliphatic carbocycles. The monoisotopic (exact) mass is 199 g/mol. The van der Waals surface area contributed by atoms with E-state index in [1.54, 1.807) is 0 Å². The Hall–Kier alpha value is -1.08. The molecule has 0 bridgehead atoms. The van der Waals surface area contributed by atoms with Crippen molar-refractivity contribution in [2.45, 2.75) is 13.0 Å². The van der Waals surface area contributed by atoms with E-state index in [4.69, 9.17) is 0 Å². The Morgan fingerprint density at radius 1 is 1.38 bits per heavy atom. The number of hydrogen-bond donors (Lipinski definition) is 0. The van der Waals surface area contributed by atoms with Crippen molar-refractivity contribution in [2.75, 3.05) is 0 Å². The van der Waals surface area contributed by atoms with Gasteiger partial charge in [-0.05, 0) is 6.20 Å². The Labute approximate surface area is 70.4 Å². The molecule has 74 valence electrons. The van der Waals surface area contributed by atoms with E-state index in [1.807, 2.05) is 0 Å². The minimum Gasteiger partial charge on any atom is -0.445 e. The summed E-state index contributed by atoms with van der Waals surface area (Å²) >= 11 is 0. The fourth-order valence-electron chi connectivity index (χ4n) is 0.790. The zero-order valence-electron chi connectivity index (χ0n) is 6.30. The Morgan fingerprint density at radius 2 is 2.00 bits per heavy atom. The van der Waals surface area contributed by atoms with Crippen LogP contribution < -0.4 is 5.46 Å². The van der Waals surface area contributed by atoms with Crippen molar-refractivity contribution < 1.29 is 21.7 Å². The molecule has 1 aromatic rings. The van der Waals surface area contributed by atoms with Crippen molar-refractivity contribution in [3.8, 4) is 0 Å². The molecule has 0 amide bonds. The zero-order valence-corrected chi connectivity index (χ0v) is 6.30. The van der Waals surface area contributed by atoms with Crippen LogP contribution in [0.5, 0.6) is 0 Å². The van der Waals surface area contributed by atoms with Crippen LogP contribution in [0.4, 0.5) is 21.7 Å². The van der Waals surface area contributed by atoms with E-state index in [0.717, 1.165) is 0 Å². The summed E-state index contributed by atoms with van der Waals surface area (Å²) in [7, 11) is 0. The fourth-order valence-corrected chi connectivity index (χ4v) is 0.790. The largest absolute Gasteiger partial charge is 0.512 e. The third-order valence-electron chi connectivity index (χ3n) is 1.36. The van der Waals surface area contributed by atoms with Crippen molar-refractivity contribution in [1.82, 2.24) is 9.78 Å². The van der Waals surface area contributed by atoms with Crippen molar-refractivity contribution in [1.29, 1.82) is 0 Å². The van der Waals surface area contributed by atoms with Gasteiger partial charge < -0.3 is 12.9 Å². The van der Waals surface area contributed by atoms with Gasteiger partial charge in [0.2, 0.25) is 0 Å². The summed E-state index contributed by atoms with van der Waals surface area (Å²) in [5, 5.41) is 3.16. The molecule has 0 aliphatic heterocycles. The van der Waals surface area contributed by atoms with Gasteiger partial charge in [-0.2, -0.15) is 5.10 Å². The molecule has 0 saturated heterocycles. The molecule has 0 aliphatic rings. The summed E-state index contributed by atoms with van der Waals surface area (Å²) < 4.78 is 59.8. The van der Waals surface area contributed by atoms with Crippen LogP contribution in [0.3, 0.4) is 0 Å². The van der Waals surface area contributed by atoms with Gasteiger partial charge in [-0.3, -0.25) is 4.68 Å². The van der Waals surface area contributed by atoms with Gasteiger partial charge in [-0.1, -0.05) is 5.46 Å². The average Bonchev–Trinajstić information content (AvgIpc) is 2.32. The van der Waals surface area contributed by atoms with E-state index in [1.165, 1.54) is 0 Å². The van der Waals surface area contributed by atoms with E-state index in [2.05, 4.69) is 5.10 Å². The van der Waals surface area contributed by atoms with Crippen molar-refractivity contribution >= 4 is 12.4 Å². The number of alkyl halides is 2. The van der Waals surface area contributed by atoms with Crippen molar-refractivity contribution in [3.63, 3.8) is 0 Å². The molecule has 0 fully saturated rings. The van der Waals surface area contributed by atoms with Crippen LogP contribution in [0.15, 0.2) is 12.4 Å². The smallest absolute Gasteiger partial charge is 0.445 e. The highest BCUT2D eigenvalue weighted by molar-refractivity contribution is 6.73. The molecule has 0 aromatic carbocycles. The second kappa shape index (κ2) is 3.35. The molecule has 0 unspecified atom stereocenters. The maximum absolute atomic E-state index is 12.0. The van der Waals surface area contributed by atoms with Crippen LogP contribution >= 0.6 is 0 Å². The Kier molecular flexibility index (Phi) is 2.58. The third-order valence-corrected chi connectivity index (χ3v) is 1.36. The molecule has 0 radical (unpaired) electrons. The maximum atomic E-state index is 12.0.